The number of hydrogen-bond acceptors (Lipinski definition) is 6. The van der Waals surface area contributed by atoms with Gasteiger partial charge in [0.05, 0.1) is 25.1 Å². The van der Waals surface area contributed by atoms with E-state index >= 15 is 0 Å². The molecule has 3 aromatic rings. The van der Waals surface area contributed by atoms with Crippen LogP contribution < -0.4 is 10.2 Å². The lowest BCUT2D eigenvalue weighted by atomic mass is 9.93. The molecule has 1 aromatic carbocycles. The minimum absolute atomic E-state index is 0.0398. The Morgan fingerprint density at radius 3 is 2.69 bits per heavy atom. The fourth-order valence-corrected chi connectivity index (χ4v) is 3.85. The average molecular weight is 372 g/mol. The van der Waals surface area contributed by atoms with Gasteiger partial charge in [-0.15, -0.1) is 5.10 Å². The summed E-state index contributed by atoms with van der Waals surface area (Å²) in [7, 11) is 0. The van der Waals surface area contributed by atoms with Gasteiger partial charge in [0.1, 0.15) is 0 Å². The summed E-state index contributed by atoms with van der Waals surface area (Å²) in [6, 6.07) is 8.55. The van der Waals surface area contributed by atoms with Gasteiger partial charge in [-0.3, -0.25) is 0 Å². The van der Waals surface area contributed by atoms with Crippen molar-refractivity contribution in [3.05, 3.63) is 41.7 Å². The topological polar surface area (TPSA) is 54.7 Å². The molecule has 2 aromatic heterocycles. The number of nitrogens with zero attached hydrogens (tertiary/aromatic N) is 4. The lowest BCUT2D eigenvalue weighted by molar-refractivity contribution is 0.122. The highest BCUT2D eigenvalue weighted by atomic mass is 32.1. The number of imidazole rings is 1. The second-order valence-electron chi connectivity index (χ2n) is 7.59. The molecule has 4 rings (SSSR count). The van der Waals surface area contributed by atoms with Crippen LogP contribution in [0.25, 0.3) is 4.96 Å². The molecule has 0 radical (unpaired) electrons. The normalized spacial score (nSPS) is 15.6. The van der Waals surface area contributed by atoms with Crippen molar-refractivity contribution in [3.63, 3.8) is 0 Å². The monoisotopic (exact) mass is 371 g/mol. The number of nitrogens with one attached hydrogen (secondary N) is 1. The number of fused-ring (bicyclic) bond motifs is 1. The van der Waals surface area contributed by atoms with E-state index in [-0.39, 0.29) is 5.41 Å². The molecule has 0 unspecified atom stereocenters. The predicted molar refractivity (Wildman–Crippen MR) is 106 cm³/mol. The van der Waals surface area contributed by atoms with Crippen LogP contribution in [0.15, 0.2) is 30.5 Å². The van der Waals surface area contributed by atoms with Crippen molar-refractivity contribution in [1.29, 1.82) is 0 Å². The van der Waals surface area contributed by atoms with Gasteiger partial charge >= 0.3 is 0 Å². The Hall–Kier alpha value is -2.12. The number of benzene rings is 1. The Morgan fingerprint density at radius 2 is 1.96 bits per heavy atom. The minimum Gasteiger partial charge on any atom is -0.378 e. The van der Waals surface area contributed by atoms with Crippen molar-refractivity contribution in [3.8, 4) is 0 Å². The van der Waals surface area contributed by atoms with Crippen molar-refractivity contribution in [1.82, 2.24) is 14.6 Å². The Bertz CT molecular complexity index is 857. The van der Waals surface area contributed by atoms with Crippen LogP contribution in [0, 0.1) is 0 Å². The number of anilines is 2. The van der Waals surface area contributed by atoms with Crippen LogP contribution in [0.2, 0.25) is 0 Å². The molecule has 6 nitrogen and oxygen atoms in total. The number of hydrogen-bond donors (Lipinski definition) is 1. The van der Waals surface area contributed by atoms with Gasteiger partial charge in [-0.1, -0.05) is 50.3 Å². The average Bonchev–Trinajstić information content (AvgIpc) is 3.19. The first-order valence-electron chi connectivity index (χ1n) is 9.02. The second-order valence-corrected chi connectivity index (χ2v) is 8.55. The number of aromatic nitrogens is 3. The van der Waals surface area contributed by atoms with E-state index in [1.54, 1.807) is 11.3 Å². The molecule has 1 aliphatic heterocycles. The standard InChI is InChI=1S/C19H25N5OS/c1-19(2,3)16-13-24-18(21-16)26-17(22-24)20-12-14-6-4-5-7-15(14)23-8-10-25-11-9-23/h4-7,13H,8-12H2,1-3H3,(H,20,22). The van der Waals surface area contributed by atoms with Gasteiger partial charge in [0.15, 0.2) is 0 Å². The van der Waals surface area contributed by atoms with Gasteiger partial charge in [-0.25, -0.2) is 9.50 Å². The van der Waals surface area contributed by atoms with E-state index in [9.17, 15) is 0 Å². The molecular formula is C19H25N5OS. The summed E-state index contributed by atoms with van der Waals surface area (Å²) < 4.78 is 7.35. The van der Waals surface area contributed by atoms with E-state index < -0.39 is 0 Å². The fraction of sp³-hybridized carbons (Fsp3) is 0.474. The highest BCUT2D eigenvalue weighted by Gasteiger charge is 2.19. The maximum Gasteiger partial charge on any atom is 0.214 e. The quantitative estimate of drug-likeness (QED) is 0.760. The lowest BCUT2D eigenvalue weighted by Gasteiger charge is -2.30. The molecule has 0 saturated carbocycles. The summed E-state index contributed by atoms with van der Waals surface area (Å²) in [5, 5.41) is 8.99. The highest BCUT2D eigenvalue weighted by Crippen LogP contribution is 2.27. The van der Waals surface area contributed by atoms with Gasteiger partial charge in [0, 0.05) is 30.7 Å². The zero-order chi connectivity index (χ0) is 18.1. The molecule has 7 heteroatoms. The summed E-state index contributed by atoms with van der Waals surface area (Å²) in [5.74, 6) is 0. The summed E-state index contributed by atoms with van der Waals surface area (Å²) in [4.78, 5) is 8.03. The predicted octanol–water partition coefficient (Wildman–Crippen LogP) is 3.54. The molecule has 0 aliphatic carbocycles. The summed E-state index contributed by atoms with van der Waals surface area (Å²) >= 11 is 1.59. The molecular weight excluding hydrogens is 346 g/mol. The van der Waals surface area contributed by atoms with E-state index in [1.807, 2.05) is 10.7 Å². The van der Waals surface area contributed by atoms with Crippen LogP contribution in [-0.2, 0) is 16.7 Å². The van der Waals surface area contributed by atoms with Gasteiger partial charge < -0.3 is 15.0 Å². The third-order valence-electron chi connectivity index (χ3n) is 4.59. The van der Waals surface area contributed by atoms with E-state index in [2.05, 4.69) is 60.4 Å². The van der Waals surface area contributed by atoms with Crippen LogP contribution in [0.4, 0.5) is 10.8 Å². The van der Waals surface area contributed by atoms with Crippen LogP contribution in [0.3, 0.4) is 0 Å². The van der Waals surface area contributed by atoms with Crippen LogP contribution in [0.1, 0.15) is 32.0 Å². The molecule has 1 saturated heterocycles. The zero-order valence-electron chi connectivity index (χ0n) is 15.5. The Balaban J connectivity index is 1.49. The molecule has 1 N–H and O–H groups in total. The van der Waals surface area contributed by atoms with Crippen molar-refractivity contribution in [2.45, 2.75) is 32.7 Å². The SMILES string of the molecule is CC(C)(C)c1cn2nc(NCc3ccccc3N3CCOCC3)sc2n1. The molecule has 26 heavy (non-hydrogen) atoms. The molecule has 0 bridgehead atoms. The van der Waals surface area contributed by atoms with Gasteiger partial charge in [-0.2, -0.15) is 0 Å². The second kappa shape index (κ2) is 6.89. The lowest BCUT2D eigenvalue weighted by Crippen LogP contribution is -2.36. The Kier molecular flexibility index (Phi) is 4.58. The van der Waals surface area contributed by atoms with Crippen molar-refractivity contribution < 1.29 is 4.74 Å². The van der Waals surface area contributed by atoms with Gasteiger partial charge in [0.25, 0.3) is 0 Å². The molecule has 0 amide bonds. The summed E-state index contributed by atoms with van der Waals surface area (Å²) in [6.45, 7) is 10.7. The number of para-hydroxylation sites is 1. The number of ether oxygens (including phenoxy) is 1. The van der Waals surface area contributed by atoms with Crippen LogP contribution in [-0.4, -0.2) is 40.9 Å². The number of rotatable bonds is 4. The summed E-state index contributed by atoms with van der Waals surface area (Å²) in [6.07, 6.45) is 2.03. The molecule has 138 valence electrons. The van der Waals surface area contributed by atoms with E-state index in [4.69, 9.17) is 9.72 Å². The Morgan fingerprint density at radius 1 is 1.19 bits per heavy atom. The molecule has 0 spiro atoms. The maximum absolute atomic E-state index is 5.47. The van der Waals surface area contributed by atoms with Crippen LogP contribution in [0.5, 0.6) is 0 Å². The molecule has 1 fully saturated rings. The van der Waals surface area contributed by atoms with Crippen molar-refractivity contribution in [2.24, 2.45) is 0 Å². The first-order chi connectivity index (χ1) is 12.5. The smallest absolute Gasteiger partial charge is 0.214 e. The zero-order valence-corrected chi connectivity index (χ0v) is 16.3. The first kappa shape index (κ1) is 17.3. The summed E-state index contributed by atoms with van der Waals surface area (Å²) in [5.41, 5.74) is 3.66. The number of morpholine rings is 1. The maximum atomic E-state index is 5.47. The minimum atomic E-state index is 0.0398. The van der Waals surface area contributed by atoms with E-state index in [0.29, 0.717) is 0 Å². The highest BCUT2D eigenvalue weighted by molar-refractivity contribution is 7.20. The van der Waals surface area contributed by atoms with Gasteiger partial charge in [0.2, 0.25) is 10.1 Å². The van der Waals surface area contributed by atoms with E-state index in [1.165, 1.54) is 11.3 Å². The molecule has 3 heterocycles. The molecule has 1 aliphatic rings. The first-order valence-corrected chi connectivity index (χ1v) is 9.83. The van der Waals surface area contributed by atoms with Gasteiger partial charge in [-0.05, 0) is 11.6 Å². The van der Waals surface area contributed by atoms with E-state index in [0.717, 1.165) is 48.6 Å². The fourth-order valence-electron chi connectivity index (χ4n) is 3.08. The third-order valence-corrected chi connectivity index (χ3v) is 5.47. The molecule has 0 atom stereocenters. The van der Waals surface area contributed by atoms with Crippen molar-refractivity contribution in [2.75, 3.05) is 36.5 Å². The third kappa shape index (κ3) is 3.54. The Labute approximate surface area is 157 Å². The van der Waals surface area contributed by atoms with Crippen molar-refractivity contribution >= 4 is 27.1 Å². The van der Waals surface area contributed by atoms with Crippen LogP contribution >= 0.6 is 11.3 Å². The largest absolute Gasteiger partial charge is 0.378 e.